The molecule has 0 radical (unpaired) electrons. The first-order valence-corrected chi connectivity index (χ1v) is 9.55. The van der Waals surface area contributed by atoms with E-state index in [0.717, 1.165) is 17.0 Å². The Morgan fingerprint density at radius 3 is 2.71 bits per heavy atom. The Morgan fingerprint density at radius 2 is 2.11 bits per heavy atom. The largest absolute Gasteiger partial charge is 0.437 e. The average Bonchev–Trinajstić information content (AvgIpc) is 3.09. The fraction of sp³-hybridized carbons (Fsp3) is 0.250. The highest BCUT2D eigenvalue weighted by molar-refractivity contribution is 7.99. The summed E-state index contributed by atoms with van der Waals surface area (Å²) in [6.45, 7) is 7.26. The highest BCUT2D eigenvalue weighted by Gasteiger charge is 2.21. The van der Waals surface area contributed by atoms with Gasteiger partial charge in [0, 0.05) is 5.69 Å². The normalized spacial score (nSPS) is 10.7. The molecule has 0 saturated carbocycles. The Labute approximate surface area is 166 Å². The number of benzene rings is 1. The number of carbonyl (C=O) groups is 1. The topological polar surface area (TPSA) is 83.9 Å². The lowest BCUT2D eigenvalue weighted by Gasteiger charge is -2.13. The molecule has 2 heterocycles. The second-order valence-corrected chi connectivity index (χ2v) is 7.25. The number of aryl methyl sites for hydroxylation is 2. The summed E-state index contributed by atoms with van der Waals surface area (Å²) < 4.78 is 20.9. The van der Waals surface area contributed by atoms with Gasteiger partial charge in [-0.25, -0.2) is 9.37 Å². The van der Waals surface area contributed by atoms with E-state index in [-0.39, 0.29) is 11.7 Å². The van der Waals surface area contributed by atoms with Crippen LogP contribution in [0.3, 0.4) is 0 Å². The fourth-order valence-corrected chi connectivity index (χ4v) is 3.51. The van der Waals surface area contributed by atoms with E-state index in [1.165, 1.54) is 23.9 Å². The van der Waals surface area contributed by atoms with Crippen molar-refractivity contribution in [2.75, 3.05) is 11.1 Å². The van der Waals surface area contributed by atoms with Crippen molar-refractivity contribution in [3.05, 3.63) is 58.4 Å². The van der Waals surface area contributed by atoms with E-state index in [1.54, 1.807) is 23.6 Å². The number of carbonyl (C=O) groups excluding carboxylic acids is 1. The van der Waals surface area contributed by atoms with Gasteiger partial charge in [0.05, 0.1) is 22.7 Å². The maximum atomic E-state index is 13.7. The third-order valence-electron chi connectivity index (χ3n) is 4.49. The molecule has 2 aromatic heterocycles. The fourth-order valence-electron chi connectivity index (χ4n) is 2.80. The van der Waals surface area contributed by atoms with Crippen molar-refractivity contribution >= 4 is 23.5 Å². The van der Waals surface area contributed by atoms with Gasteiger partial charge in [0.1, 0.15) is 23.5 Å². The monoisotopic (exact) mass is 398 g/mol. The second-order valence-electron chi connectivity index (χ2n) is 6.32. The van der Waals surface area contributed by atoms with Gasteiger partial charge in [-0.15, -0.1) is 0 Å². The second kappa shape index (κ2) is 7.90. The molecule has 8 heteroatoms. The quantitative estimate of drug-likeness (QED) is 0.642. The molecule has 28 heavy (non-hydrogen) atoms. The van der Waals surface area contributed by atoms with Gasteiger partial charge >= 0.3 is 0 Å². The van der Waals surface area contributed by atoms with Gasteiger partial charge in [-0.05, 0) is 51.5 Å². The Bertz CT molecular complexity index is 1080. The van der Waals surface area contributed by atoms with Gasteiger partial charge in [-0.2, -0.15) is 5.26 Å². The highest BCUT2D eigenvalue weighted by atomic mass is 32.2. The Morgan fingerprint density at radius 1 is 1.36 bits per heavy atom. The summed E-state index contributed by atoms with van der Waals surface area (Å²) in [7, 11) is 0. The molecule has 0 aliphatic heterocycles. The van der Waals surface area contributed by atoms with Crippen LogP contribution in [-0.2, 0) is 4.79 Å². The van der Waals surface area contributed by atoms with Crippen LogP contribution in [0, 0.1) is 44.8 Å². The van der Waals surface area contributed by atoms with Crippen molar-refractivity contribution < 1.29 is 13.6 Å². The van der Waals surface area contributed by atoms with Crippen LogP contribution in [0.5, 0.6) is 0 Å². The zero-order valence-corrected chi connectivity index (χ0v) is 16.8. The smallest absolute Gasteiger partial charge is 0.256 e. The minimum atomic E-state index is -0.399. The molecule has 144 valence electrons. The van der Waals surface area contributed by atoms with Crippen LogP contribution in [-0.4, -0.2) is 21.2 Å². The molecule has 3 rings (SSSR count). The van der Waals surface area contributed by atoms with Crippen molar-refractivity contribution in [1.29, 1.82) is 5.26 Å². The number of nitrogens with one attached hydrogen (secondary N) is 1. The van der Waals surface area contributed by atoms with Crippen LogP contribution in [0.1, 0.15) is 28.3 Å². The van der Waals surface area contributed by atoms with Crippen molar-refractivity contribution in [2.24, 2.45) is 0 Å². The van der Waals surface area contributed by atoms with E-state index in [0.29, 0.717) is 28.1 Å². The number of nitrogens with zero attached hydrogens (tertiary/aromatic N) is 3. The number of aromatic nitrogens is 2. The number of anilines is 1. The number of halogens is 1. The van der Waals surface area contributed by atoms with Gasteiger partial charge in [-0.1, -0.05) is 17.8 Å². The average molecular weight is 398 g/mol. The number of hydrogen-bond donors (Lipinski definition) is 1. The summed E-state index contributed by atoms with van der Waals surface area (Å²) in [5.41, 5.74) is 3.14. The maximum absolute atomic E-state index is 13.7. The highest BCUT2D eigenvalue weighted by Crippen LogP contribution is 2.30. The molecular weight excluding hydrogens is 379 g/mol. The maximum Gasteiger partial charge on any atom is 0.256 e. The minimum absolute atomic E-state index is 0.0662. The molecule has 0 aliphatic carbocycles. The molecule has 0 saturated heterocycles. The van der Waals surface area contributed by atoms with Crippen LogP contribution in [0.2, 0.25) is 0 Å². The summed E-state index contributed by atoms with van der Waals surface area (Å²) in [5.74, 6) is 0.389. The molecule has 1 amide bonds. The summed E-state index contributed by atoms with van der Waals surface area (Å²) in [4.78, 5) is 16.8. The van der Waals surface area contributed by atoms with Crippen LogP contribution < -0.4 is 5.32 Å². The molecule has 1 N–H and O–H groups in total. The number of hydrogen-bond acceptors (Lipinski definition) is 5. The Kier molecular flexibility index (Phi) is 5.56. The molecule has 0 bridgehead atoms. The lowest BCUT2D eigenvalue weighted by atomic mass is 10.2. The number of amides is 1. The number of oxazole rings is 1. The van der Waals surface area contributed by atoms with Gasteiger partial charge in [0.15, 0.2) is 0 Å². The molecule has 0 fully saturated rings. The van der Waals surface area contributed by atoms with E-state index in [2.05, 4.69) is 16.4 Å². The van der Waals surface area contributed by atoms with Crippen molar-refractivity contribution in [2.45, 2.75) is 32.9 Å². The van der Waals surface area contributed by atoms with Gasteiger partial charge in [0.25, 0.3) is 5.22 Å². The lowest BCUT2D eigenvalue weighted by molar-refractivity contribution is -0.113. The first-order chi connectivity index (χ1) is 13.3. The van der Waals surface area contributed by atoms with Crippen LogP contribution in [0.4, 0.5) is 10.2 Å². The summed E-state index contributed by atoms with van der Waals surface area (Å²) in [6, 6.07) is 8.14. The first kappa shape index (κ1) is 19.7. The molecule has 6 nitrogen and oxygen atoms in total. The zero-order valence-electron chi connectivity index (χ0n) is 16.0. The standard InChI is InChI=1S/C20H19FN4O2S/c1-11-13(3)25(16-7-5-6-15(21)8-16)19(17(11)9-22)24-18(26)10-28-20-23-12(2)14(4)27-20/h5-8H,10H2,1-4H3,(H,24,26). The Balaban J connectivity index is 1.89. The van der Waals surface area contributed by atoms with Gasteiger partial charge in [0.2, 0.25) is 5.91 Å². The SMILES string of the molecule is Cc1nc(SCC(=O)Nc2c(C#N)c(C)c(C)n2-c2cccc(F)c2)oc1C. The van der Waals surface area contributed by atoms with Crippen molar-refractivity contribution in [3.8, 4) is 11.8 Å². The molecule has 1 aromatic carbocycles. The third kappa shape index (κ3) is 3.80. The summed E-state index contributed by atoms with van der Waals surface area (Å²) in [5, 5.41) is 12.8. The lowest BCUT2D eigenvalue weighted by Crippen LogP contribution is -2.17. The van der Waals surface area contributed by atoms with Gasteiger partial charge in [-0.3, -0.25) is 9.36 Å². The predicted octanol–water partition coefficient (Wildman–Crippen LogP) is 4.44. The van der Waals surface area contributed by atoms with Crippen molar-refractivity contribution in [1.82, 2.24) is 9.55 Å². The molecule has 0 atom stereocenters. The van der Waals surface area contributed by atoms with E-state index in [1.807, 2.05) is 20.8 Å². The van der Waals surface area contributed by atoms with Crippen LogP contribution in [0.25, 0.3) is 5.69 Å². The number of thioether (sulfide) groups is 1. The van der Waals surface area contributed by atoms with E-state index in [9.17, 15) is 14.4 Å². The number of nitriles is 1. The molecule has 3 aromatic rings. The summed E-state index contributed by atoms with van der Waals surface area (Å²) >= 11 is 1.17. The van der Waals surface area contributed by atoms with Gasteiger partial charge < -0.3 is 9.73 Å². The zero-order chi connectivity index (χ0) is 20.4. The van der Waals surface area contributed by atoms with E-state index in [4.69, 9.17) is 4.42 Å². The minimum Gasteiger partial charge on any atom is -0.437 e. The van der Waals surface area contributed by atoms with E-state index < -0.39 is 5.82 Å². The Hall–Kier alpha value is -3.05. The third-order valence-corrected chi connectivity index (χ3v) is 5.31. The molecule has 0 unspecified atom stereocenters. The first-order valence-electron chi connectivity index (χ1n) is 8.56. The molecule has 0 spiro atoms. The van der Waals surface area contributed by atoms with Crippen LogP contribution >= 0.6 is 11.8 Å². The predicted molar refractivity (Wildman–Crippen MR) is 105 cm³/mol. The molecular formula is C20H19FN4O2S. The number of rotatable bonds is 5. The van der Waals surface area contributed by atoms with Crippen LogP contribution in [0.15, 0.2) is 33.9 Å². The van der Waals surface area contributed by atoms with Crippen molar-refractivity contribution in [3.63, 3.8) is 0 Å². The summed E-state index contributed by atoms with van der Waals surface area (Å²) in [6.07, 6.45) is 0. The molecule has 0 aliphatic rings. The van der Waals surface area contributed by atoms with E-state index >= 15 is 0 Å².